The Kier molecular flexibility index (Phi) is 7.87. The molecule has 0 aliphatic carbocycles. The predicted octanol–water partition coefficient (Wildman–Crippen LogP) is 2.23. The third-order valence-electron chi connectivity index (χ3n) is 8.57. The van der Waals surface area contributed by atoms with E-state index in [1.807, 2.05) is 34.6 Å². The third kappa shape index (κ3) is 4.12. The van der Waals surface area contributed by atoms with E-state index in [1.54, 1.807) is 33.9 Å². The first kappa shape index (κ1) is 27.4. The van der Waals surface area contributed by atoms with Crippen molar-refractivity contribution < 1.29 is 24.2 Å². The van der Waals surface area contributed by atoms with Crippen molar-refractivity contribution in [1.29, 1.82) is 0 Å². The number of aliphatic hydroxyl groups is 1. The summed E-state index contributed by atoms with van der Waals surface area (Å²) in [4.78, 5) is 47.0. The molecule has 2 bridgehead atoms. The first-order valence-electron chi connectivity index (χ1n) is 12.9. The monoisotopic (exact) mass is 489 g/mol. The van der Waals surface area contributed by atoms with Crippen LogP contribution < -0.4 is 0 Å². The summed E-state index contributed by atoms with van der Waals surface area (Å²) in [7, 11) is 1.70. The van der Waals surface area contributed by atoms with Crippen molar-refractivity contribution >= 4 is 17.7 Å². The van der Waals surface area contributed by atoms with Gasteiger partial charge < -0.3 is 24.5 Å². The molecule has 8 nitrogen and oxygen atoms in total. The van der Waals surface area contributed by atoms with Crippen molar-refractivity contribution in [3.05, 3.63) is 25.3 Å². The summed E-state index contributed by atoms with van der Waals surface area (Å²) in [6, 6.07) is -1.57. The molecule has 0 aromatic heterocycles. The molecule has 0 saturated carbocycles. The fourth-order valence-electron chi connectivity index (χ4n) is 6.56. The van der Waals surface area contributed by atoms with E-state index in [9.17, 15) is 19.5 Å². The highest BCUT2D eigenvalue weighted by Crippen LogP contribution is 2.64. The van der Waals surface area contributed by atoms with Crippen LogP contribution in [0.4, 0.5) is 0 Å². The van der Waals surface area contributed by atoms with Crippen molar-refractivity contribution in [2.45, 2.75) is 83.2 Å². The Labute approximate surface area is 210 Å². The molecule has 1 N–H and O–H groups in total. The highest BCUT2D eigenvalue weighted by molar-refractivity contribution is 5.99. The van der Waals surface area contributed by atoms with Gasteiger partial charge in [-0.3, -0.25) is 14.4 Å². The smallest absolute Gasteiger partial charge is 0.248 e. The molecule has 3 heterocycles. The third-order valence-corrected chi connectivity index (χ3v) is 8.57. The molecule has 1 spiro atoms. The minimum Gasteiger partial charge on any atom is -0.394 e. The zero-order chi connectivity index (χ0) is 26.3. The number of likely N-dealkylation sites (tertiary alicyclic amines) is 1. The predicted molar refractivity (Wildman–Crippen MR) is 134 cm³/mol. The van der Waals surface area contributed by atoms with Gasteiger partial charge in [-0.15, -0.1) is 13.2 Å². The number of likely N-dealkylation sites (N-methyl/N-ethyl adjacent to an activating group) is 1. The number of hydrogen-bond donors (Lipinski definition) is 1. The van der Waals surface area contributed by atoms with Crippen molar-refractivity contribution in [2.24, 2.45) is 17.8 Å². The quantitative estimate of drug-likeness (QED) is 0.450. The van der Waals surface area contributed by atoms with E-state index in [1.165, 1.54) is 0 Å². The summed E-state index contributed by atoms with van der Waals surface area (Å²) >= 11 is 0. The van der Waals surface area contributed by atoms with Crippen LogP contribution in [0.2, 0.25) is 0 Å². The van der Waals surface area contributed by atoms with Crippen LogP contribution in [0.25, 0.3) is 0 Å². The van der Waals surface area contributed by atoms with Crippen LogP contribution in [0.15, 0.2) is 25.3 Å². The SMILES string of the molecule is C=CCN(C)C(=O)[C@H]1[C@H]2C(=O)N([C@@H](CO)[C@@H](C)CC)C(C(=O)N(CC=C)C(C)C)C23CC[C@]1(C)O3. The number of nitrogens with zero attached hydrogens (tertiary/aromatic N) is 3. The molecule has 3 aliphatic heterocycles. The highest BCUT2D eigenvalue weighted by atomic mass is 16.5. The summed E-state index contributed by atoms with van der Waals surface area (Å²) < 4.78 is 6.69. The molecule has 8 heteroatoms. The van der Waals surface area contributed by atoms with Crippen LogP contribution in [0.3, 0.4) is 0 Å². The summed E-state index contributed by atoms with van der Waals surface area (Å²) in [6.07, 6.45) is 5.16. The van der Waals surface area contributed by atoms with Gasteiger partial charge in [0.2, 0.25) is 17.7 Å². The number of rotatable bonds is 11. The van der Waals surface area contributed by atoms with E-state index >= 15 is 0 Å². The maximum Gasteiger partial charge on any atom is 0.248 e. The minimum absolute atomic E-state index is 0.0354. The lowest BCUT2D eigenvalue weighted by atomic mass is 9.66. The van der Waals surface area contributed by atoms with Gasteiger partial charge in [0.05, 0.1) is 30.1 Å². The van der Waals surface area contributed by atoms with E-state index < -0.39 is 35.1 Å². The molecule has 3 saturated heterocycles. The molecule has 2 unspecified atom stereocenters. The fraction of sp³-hybridized carbons (Fsp3) is 0.741. The number of amides is 3. The van der Waals surface area contributed by atoms with Gasteiger partial charge >= 0.3 is 0 Å². The van der Waals surface area contributed by atoms with E-state index in [2.05, 4.69) is 13.2 Å². The Morgan fingerprint density at radius 3 is 2.34 bits per heavy atom. The van der Waals surface area contributed by atoms with Crippen molar-refractivity contribution in [2.75, 3.05) is 26.7 Å². The standard InChI is InChI=1S/C27H43N3O5/c1-9-14-28(8)23(32)20-21-24(33)30(19(16-31)18(6)11-3)22(25(34)29(15-10-2)17(4)5)27(21)13-12-26(20,7)35-27/h9-10,17-22,31H,1-2,11-16H2,3-8H3/t18-,19-,20+,21-,22?,26-,27?/m0/s1. The molecule has 35 heavy (non-hydrogen) atoms. The number of carbonyl (C=O) groups is 3. The van der Waals surface area contributed by atoms with Crippen LogP contribution in [0, 0.1) is 17.8 Å². The Morgan fingerprint density at radius 2 is 1.83 bits per heavy atom. The number of fused-ring (bicyclic) bond motifs is 1. The van der Waals surface area contributed by atoms with Crippen LogP contribution in [0.1, 0.15) is 53.9 Å². The zero-order valence-electron chi connectivity index (χ0n) is 22.2. The molecule has 3 amide bonds. The maximum absolute atomic E-state index is 14.2. The molecule has 0 aromatic carbocycles. The van der Waals surface area contributed by atoms with E-state index in [0.717, 1.165) is 6.42 Å². The Bertz CT molecular complexity index is 875. The molecule has 3 rings (SSSR count). The molecule has 3 fully saturated rings. The molecule has 0 aromatic rings. The number of ether oxygens (including phenoxy) is 1. The van der Waals surface area contributed by atoms with Gasteiger partial charge in [0.25, 0.3) is 0 Å². The van der Waals surface area contributed by atoms with Crippen LogP contribution in [0.5, 0.6) is 0 Å². The van der Waals surface area contributed by atoms with Crippen LogP contribution in [-0.4, -0.2) is 93.6 Å². The van der Waals surface area contributed by atoms with Gasteiger partial charge in [0.1, 0.15) is 11.6 Å². The Morgan fingerprint density at radius 1 is 1.20 bits per heavy atom. The van der Waals surface area contributed by atoms with Gasteiger partial charge in [-0.05, 0) is 39.5 Å². The van der Waals surface area contributed by atoms with Crippen molar-refractivity contribution in [3.63, 3.8) is 0 Å². The Hall–Kier alpha value is -2.19. The lowest BCUT2D eigenvalue weighted by molar-refractivity contribution is -0.158. The van der Waals surface area contributed by atoms with Crippen molar-refractivity contribution in [1.82, 2.24) is 14.7 Å². The second kappa shape index (κ2) is 10.1. The van der Waals surface area contributed by atoms with E-state index in [4.69, 9.17) is 4.74 Å². The largest absolute Gasteiger partial charge is 0.394 e. The van der Waals surface area contributed by atoms with Gasteiger partial charge in [-0.25, -0.2) is 0 Å². The average Bonchev–Trinajstić information content (AvgIpc) is 3.38. The second-order valence-corrected chi connectivity index (χ2v) is 11.0. The molecule has 7 atom stereocenters. The summed E-state index contributed by atoms with van der Waals surface area (Å²) in [6.45, 7) is 17.7. The number of aliphatic hydroxyl groups excluding tert-OH is 1. The summed E-state index contributed by atoms with van der Waals surface area (Å²) in [5.74, 6) is -2.15. The van der Waals surface area contributed by atoms with Gasteiger partial charge in [0, 0.05) is 26.2 Å². The average molecular weight is 490 g/mol. The molecular weight excluding hydrogens is 446 g/mol. The number of carbonyl (C=O) groups excluding carboxylic acids is 3. The van der Waals surface area contributed by atoms with Crippen LogP contribution >= 0.6 is 0 Å². The topological polar surface area (TPSA) is 90.4 Å². The number of hydrogen-bond acceptors (Lipinski definition) is 5. The first-order valence-corrected chi connectivity index (χ1v) is 12.9. The fourth-order valence-corrected chi connectivity index (χ4v) is 6.56. The lowest BCUT2D eigenvalue weighted by Crippen LogP contribution is -2.60. The molecule has 196 valence electrons. The highest BCUT2D eigenvalue weighted by Gasteiger charge is 2.79. The zero-order valence-corrected chi connectivity index (χ0v) is 22.2. The lowest BCUT2D eigenvalue weighted by Gasteiger charge is -2.42. The summed E-state index contributed by atoms with van der Waals surface area (Å²) in [5.41, 5.74) is -1.93. The summed E-state index contributed by atoms with van der Waals surface area (Å²) in [5, 5.41) is 10.4. The van der Waals surface area contributed by atoms with Gasteiger partial charge in [0.15, 0.2) is 0 Å². The van der Waals surface area contributed by atoms with Crippen molar-refractivity contribution in [3.8, 4) is 0 Å². The van der Waals surface area contributed by atoms with Gasteiger partial charge in [-0.1, -0.05) is 32.4 Å². The molecule has 0 radical (unpaired) electrons. The van der Waals surface area contributed by atoms with Crippen LogP contribution in [-0.2, 0) is 19.1 Å². The Balaban J connectivity index is 2.17. The maximum atomic E-state index is 14.2. The normalized spacial score (nSPS) is 33.0. The first-order chi connectivity index (χ1) is 16.4. The van der Waals surface area contributed by atoms with E-state index in [-0.39, 0.29) is 36.3 Å². The molecular formula is C27H43N3O5. The molecule has 3 aliphatic rings. The second-order valence-electron chi connectivity index (χ2n) is 11.0. The van der Waals surface area contributed by atoms with E-state index in [0.29, 0.717) is 25.9 Å². The minimum atomic E-state index is -1.10. The van der Waals surface area contributed by atoms with Gasteiger partial charge in [-0.2, -0.15) is 0 Å².